The van der Waals surface area contributed by atoms with E-state index in [-0.39, 0.29) is 0 Å². The van der Waals surface area contributed by atoms with Crippen molar-refractivity contribution in [2.75, 3.05) is 18.4 Å². The fourth-order valence-electron chi connectivity index (χ4n) is 4.48. The molecule has 160 valence electrons. The van der Waals surface area contributed by atoms with E-state index in [2.05, 4.69) is 70.8 Å². The normalized spacial score (nSPS) is 17.3. The summed E-state index contributed by atoms with van der Waals surface area (Å²) in [5, 5.41) is 4.25. The summed E-state index contributed by atoms with van der Waals surface area (Å²) in [5.41, 5.74) is 5.87. The van der Waals surface area contributed by atoms with Gasteiger partial charge in [0.05, 0.1) is 11.4 Å². The van der Waals surface area contributed by atoms with Gasteiger partial charge in [0.15, 0.2) is 5.13 Å². The molecule has 31 heavy (non-hydrogen) atoms. The molecule has 0 amide bonds. The third kappa shape index (κ3) is 4.20. The molecular weight excluding hydrogens is 404 g/mol. The van der Waals surface area contributed by atoms with E-state index in [1.54, 1.807) is 11.3 Å². The van der Waals surface area contributed by atoms with Gasteiger partial charge in [-0.15, -0.1) is 11.3 Å². The van der Waals surface area contributed by atoms with Gasteiger partial charge in [-0.05, 0) is 63.9 Å². The molecule has 1 saturated heterocycles. The van der Waals surface area contributed by atoms with E-state index >= 15 is 0 Å². The van der Waals surface area contributed by atoms with E-state index in [1.165, 1.54) is 29.0 Å². The maximum absolute atomic E-state index is 4.92. The third-order valence-corrected chi connectivity index (χ3v) is 6.90. The Morgan fingerprint density at radius 2 is 2.03 bits per heavy atom. The second-order valence-electron chi connectivity index (χ2n) is 8.45. The smallest absolute Gasteiger partial charge is 0.188 e. The quantitative estimate of drug-likeness (QED) is 0.468. The van der Waals surface area contributed by atoms with Crippen molar-refractivity contribution in [2.24, 2.45) is 0 Å². The summed E-state index contributed by atoms with van der Waals surface area (Å²) in [6, 6.07) is 10.5. The number of nitrogens with zero attached hydrogens (tertiary/aromatic N) is 5. The van der Waals surface area contributed by atoms with Gasteiger partial charge in [-0.2, -0.15) is 0 Å². The third-order valence-electron chi connectivity index (χ3n) is 6.07. The second kappa shape index (κ2) is 8.40. The molecule has 0 radical (unpaired) electrons. The maximum Gasteiger partial charge on any atom is 0.188 e. The van der Waals surface area contributed by atoms with Crippen molar-refractivity contribution in [3.8, 4) is 0 Å². The maximum atomic E-state index is 4.92. The molecule has 0 bridgehead atoms. The van der Waals surface area contributed by atoms with Gasteiger partial charge in [0.25, 0.3) is 0 Å². The molecule has 1 aliphatic heterocycles. The fourth-order valence-corrected chi connectivity index (χ4v) is 5.15. The van der Waals surface area contributed by atoms with Crippen LogP contribution in [0.4, 0.5) is 10.9 Å². The number of likely N-dealkylation sites (tertiary alicyclic amines) is 1. The van der Waals surface area contributed by atoms with Gasteiger partial charge in [0, 0.05) is 42.0 Å². The number of thiazole rings is 1. The lowest BCUT2D eigenvalue weighted by Gasteiger charge is -2.32. The summed E-state index contributed by atoms with van der Waals surface area (Å²) in [6.07, 6.45) is 6.38. The Bertz CT molecular complexity index is 1210. The molecule has 1 N–H and O–H groups in total. The van der Waals surface area contributed by atoms with Crippen LogP contribution in [0.1, 0.15) is 46.3 Å². The second-order valence-corrected chi connectivity index (χ2v) is 9.69. The summed E-state index contributed by atoms with van der Waals surface area (Å²) in [4.78, 5) is 17.9. The summed E-state index contributed by atoms with van der Waals surface area (Å²) in [6.45, 7) is 9.37. The first-order valence-electron chi connectivity index (χ1n) is 10.9. The molecule has 6 nitrogen and oxygen atoms in total. The van der Waals surface area contributed by atoms with Crippen molar-refractivity contribution in [1.82, 2.24) is 24.3 Å². The molecule has 5 heterocycles. The number of aromatic nitrogens is 4. The number of hydrogen-bond donors (Lipinski definition) is 1. The predicted molar refractivity (Wildman–Crippen MR) is 126 cm³/mol. The average molecular weight is 433 g/mol. The molecule has 0 aliphatic carbocycles. The topological polar surface area (TPSA) is 58.4 Å². The number of fused-ring (bicyclic) bond motifs is 1. The van der Waals surface area contributed by atoms with Crippen LogP contribution in [0.15, 0.2) is 42.7 Å². The first-order valence-corrected chi connectivity index (χ1v) is 11.7. The number of rotatable bonds is 5. The van der Waals surface area contributed by atoms with Crippen LogP contribution in [-0.2, 0) is 6.54 Å². The van der Waals surface area contributed by atoms with Crippen LogP contribution in [0.3, 0.4) is 0 Å². The molecule has 4 aromatic rings. The predicted octanol–water partition coefficient (Wildman–Crippen LogP) is 5.23. The van der Waals surface area contributed by atoms with Crippen LogP contribution in [-0.4, -0.2) is 37.3 Å². The zero-order valence-corrected chi connectivity index (χ0v) is 19.1. The molecule has 7 heteroatoms. The number of pyridine rings is 2. The standard InChI is InChI=1S/C24H28N6S/c1-16-7-5-12-30-21(18(3)26-23(16)30)15-29-11-6-8-19(14-29)20-9-4-10-22(27-20)28-24-25-13-17(2)31-24/h4-5,7,9-10,12-13,19H,6,8,11,14-15H2,1-3H3,(H,25,27,28)/t19-/m1/s1. The van der Waals surface area contributed by atoms with Crippen LogP contribution in [0.25, 0.3) is 5.65 Å². The Hall–Kier alpha value is -2.77. The molecule has 1 aliphatic rings. The highest BCUT2D eigenvalue weighted by molar-refractivity contribution is 7.15. The Morgan fingerprint density at radius 1 is 1.13 bits per heavy atom. The molecule has 5 rings (SSSR count). The first-order chi connectivity index (χ1) is 15.1. The lowest BCUT2D eigenvalue weighted by molar-refractivity contribution is 0.195. The van der Waals surface area contributed by atoms with Crippen LogP contribution in [0.2, 0.25) is 0 Å². The Labute approximate surface area is 187 Å². The minimum absolute atomic E-state index is 0.440. The van der Waals surface area contributed by atoms with Crippen LogP contribution >= 0.6 is 11.3 Å². The van der Waals surface area contributed by atoms with E-state index in [0.717, 1.165) is 47.6 Å². The van der Waals surface area contributed by atoms with Crippen molar-refractivity contribution >= 4 is 27.9 Å². The van der Waals surface area contributed by atoms with Gasteiger partial charge >= 0.3 is 0 Å². The number of aryl methyl sites for hydroxylation is 3. The molecule has 0 spiro atoms. The minimum Gasteiger partial charge on any atom is -0.316 e. The van der Waals surface area contributed by atoms with Gasteiger partial charge in [0.2, 0.25) is 0 Å². The fraction of sp³-hybridized carbons (Fsp3) is 0.375. The Balaban J connectivity index is 1.33. The van der Waals surface area contributed by atoms with Crippen molar-refractivity contribution in [3.05, 3.63) is 70.2 Å². The van der Waals surface area contributed by atoms with E-state index in [1.807, 2.05) is 12.3 Å². The van der Waals surface area contributed by atoms with E-state index in [9.17, 15) is 0 Å². The summed E-state index contributed by atoms with van der Waals surface area (Å²) in [5.74, 6) is 1.31. The molecular formula is C24H28N6S. The summed E-state index contributed by atoms with van der Waals surface area (Å²) < 4.78 is 2.26. The summed E-state index contributed by atoms with van der Waals surface area (Å²) in [7, 11) is 0. The van der Waals surface area contributed by atoms with Crippen molar-refractivity contribution in [2.45, 2.75) is 46.1 Å². The van der Waals surface area contributed by atoms with E-state index in [0.29, 0.717) is 5.92 Å². The van der Waals surface area contributed by atoms with Crippen molar-refractivity contribution in [3.63, 3.8) is 0 Å². The van der Waals surface area contributed by atoms with Gasteiger partial charge < -0.3 is 9.72 Å². The molecule has 0 aromatic carbocycles. The Kier molecular flexibility index (Phi) is 5.46. The lowest BCUT2D eigenvalue weighted by Crippen LogP contribution is -2.34. The number of imidazole rings is 1. The molecule has 1 fully saturated rings. The van der Waals surface area contributed by atoms with Crippen LogP contribution in [0.5, 0.6) is 0 Å². The van der Waals surface area contributed by atoms with Gasteiger partial charge in [0.1, 0.15) is 11.5 Å². The van der Waals surface area contributed by atoms with Crippen LogP contribution in [0, 0.1) is 20.8 Å². The zero-order chi connectivity index (χ0) is 21.4. The highest BCUT2D eigenvalue weighted by Crippen LogP contribution is 2.29. The lowest BCUT2D eigenvalue weighted by atomic mass is 9.94. The number of piperidine rings is 1. The highest BCUT2D eigenvalue weighted by Gasteiger charge is 2.24. The first kappa shape index (κ1) is 20.2. The number of nitrogens with one attached hydrogen (secondary N) is 1. The summed E-state index contributed by atoms with van der Waals surface area (Å²) >= 11 is 1.65. The zero-order valence-electron chi connectivity index (χ0n) is 18.3. The van der Waals surface area contributed by atoms with E-state index < -0.39 is 0 Å². The molecule has 0 saturated carbocycles. The Morgan fingerprint density at radius 3 is 2.87 bits per heavy atom. The van der Waals surface area contributed by atoms with Gasteiger partial charge in [-0.25, -0.2) is 15.0 Å². The van der Waals surface area contributed by atoms with Gasteiger partial charge in [-0.1, -0.05) is 12.1 Å². The number of anilines is 2. The van der Waals surface area contributed by atoms with Gasteiger partial charge in [-0.3, -0.25) is 4.90 Å². The van der Waals surface area contributed by atoms with Crippen molar-refractivity contribution < 1.29 is 0 Å². The van der Waals surface area contributed by atoms with Crippen molar-refractivity contribution in [1.29, 1.82) is 0 Å². The SMILES string of the molecule is Cc1cnc(Nc2cccc([C@@H]3CCCN(Cc4c(C)nc5c(C)cccn45)C3)n2)s1. The monoisotopic (exact) mass is 432 g/mol. The molecule has 4 aromatic heterocycles. The number of hydrogen-bond acceptors (Lipinski definition) is 6. The largest absolute Gasteiger partial charge is 0.316 e. The van der Waals surface area contributed by atoms with Crippen LogP contribution < -0.4 is 5.32 Å². The highest BCUT2D eigenvalue weighted by atomic mass is 32.1. The molecule has 1 atom stereocenters. The average Bonchev–Trinajstić information content (AvgIpc) is 3.32. The molecule has 0 unspecified atom stereocenters. The van der Waals surface area contributed by atoms with E-state index in [4.69, 9.17) is 9.97 Å². The minimum atomic E-state index is 0.440.